The molecular formula is C16H24N2O3. The van der Waals surface area contributed by atoms with E-state index in [2.05, 4.69) is 5.32 Å². The molecule has 0 aliphatic carbocycles. The van der Waals surface area contributed by atoms with Crippen LogP contribution in [-0.2, 0) is 9.53 Å². The van der Waals surface area contributed by atoms with Crippen LogP contribution < -0.4 is 11.1 Å². The number of nitrogens with one attached hydrogen (secondary N) is 1. The third-order valence-electron chi connectivity index (χ3n) is 3.29. The SMILES string of the molecule is CC[C@H](C)[C@H](N)C(=O)Nc1ccc(C(=O)OC(C)C)cc1. The maximum Gasteiger partial charge on any atom is 0.338 e. The number of esters is 1. The molecule has 116 valence electrons. The number of rotatable bonds is 6. The number of hydrogen-bond donors (Lipinski definition) is 2. The summed E-state index contributed by atoms with van der Waals surface area (Å²) < 4.78 is 5.10. The van der Waals surface area contributed by atoms with Crippen LogP contribution in [0.2, 0.25) is 0 Å². The van der Waals surface area contributed by atoms with Gasteiger partial charge in [-0.3, -0.25) is 4.79 Å². The fourth-order valence-electron chi connectivity index (χ4n) is 1.71. The van der Waals surface area contributed by atoms with Crippen molar-refractivity contribution in [3.05, 3.63) is 29.8 Å². The van der Waals surface area contributed by atoms with Crippen molar-refractivity contribution in [2.24, 2.45) is 11.7 Å². The number of anilines is 1. The molecular weight excluding hydrogens is 268 g/mol. The highest BCUT2D eigenvalue weighted by Crippen LogP contribution is 2.13. The average molecular weight is 292 g/mol. The van der Waals surface area contributed by atoms with Crippen LogP contribution in [0.1, 0.15) is 44.5 Å². The summed E-state index contributed by atoms with van der Waals surface area (Å²) in [7, 11) is 0. The van der Waals surface area contributed by atoms with Gasteiger partial charge < -0.3 is 15.8 Å². The number of carbonyl (C=O) groups excluding carboxylic acids is 2. The van der Waals surface area contributed by atoms with Crippen molar-refractivity contribution in [2.75, 3.05) is 5.32 Å². The zero-order chi connectivity index (χ0) is 16.0. The van der Waals surface area contributed by atoms with Crippen LogP contribution in [-0.4, -0.2) is 24.0 Å². The molecule has 0 heterocycles. The number of ether oxygens (including phenoxy) is 1. The van der Waals surface area contributed by atoms with Crippen LogP contribution in [0.25, 0.3) is 0 Å². The molecule has 1 amide bonds. The largest absolute Gasteiger partial charge is 0.459 e. The third-order valence-corrected chi connectivity index (χ3v) is 3.29. The summed E-state index contributed by atoms with van der Waals surface area (Å²) in [5.74, 6) is -0.480. The van der Waals surface area contributed by atoms with Crippen molar-refractivity contribution >= 4 is 17.6 Å². The van der Waals surface area contributed by atoms with Gasteiger partial charge in [-0.15, -0.1) is 0 Å². The van der Waals surface area contributed by atoms with Crippen molar-refractivity contribution in [1.29, 1.82) is 0 Å². The normalized spacial score (nSPS) is 13.6. The Morgan fingerprint density at radius 2 is 1.76 bits per heavy atom. The van der Waals surface area contributed by atoms with Crippen LogP contribution in [0.4, 0.5) is 5.69 Å². The van der Waals surface area contributed by atoms with E-state index < -0.39 is 6.04 Å². The Morgan fingerprint density at radius 1 is 1.19 bits per heavy atom. The Kier molecular flexibility index (Phi) is 6.37. The van der Waals surface area contributed by atoms with E-state index in [-0.39, 0.29) is 23.9 Å². The fourth-order valence-corrected chi connectivity index (χ4v) is 1.71. The molecule has 5 nitrogen and oxygen atoms in total. The van der Waals surface area contributed by atoms with Gasteiger partial charge in [0.25, 0.3) is 0 Å². The molecule has 3 N–H and O–H groups in total. The lowest BCUT2D eigenvalue weighted by atomic mass is 9.99. The summed E-state index contributed by atoms with van der Waals surface area (Å²) >= 11 is 0. The van der Waals surface area contributed by atoms with Crippen LogP contribution in [0, 0.1) is 5.92 Å². The highest BCUT2D eigenvalue weighted by molar-refractivity contribution is 5.95. The average Bonchev–Trinajstić information content (AvgIpc) is 2.45. The van der Waals surface area contributed by atoms with E-state index in [1.807, 2.05) is 13.8 Å². The molecule has 0 bridgehead atoms. The molecule has 0 aliphatic rings. The summed E-state index contributed by atoms with van der Waals surface area (Å²) in [6.45, 7) is 7.52. The minimum Gasteiger partial charge on any atom is -0.459 e. The van der Waals surface area contributed by atoms with Crippen molar-refractivity contribution in [3.63, 3.8) is 0 Å². The Balaban J connectivity index is 2.66. The molecule has 1 aromatic carbocycles. The van der Waals surface area contributed by atoms with Crippen molar-refractivity contribution in [2.45, 2.75) is 46.3 Å². The molecule has 1 aromatic rings. The van der Waals surface area contributed by atoms with Crippen molar-refractivity contribution in [3.8, 4) is 0 Å². The lowest BCUT2D eigenvalue weighted by Gasteiger charge is -2.17. The zero-order valence-corrected chi connectivity index (χ0v) is 13.1. The molecule has 0 saturated carbocycles. The maximum atomic E-state index is 11.9. The first-order valence-electron chi connectivity index (χ1n) is 7.22. The predicted molar refractivity (Wildman–Crippen MR) is 83.1 cm³/mol. The van der Waals surface area contributed by atoms with E-state index >= 15 is 0 Å². The molecule has 0 fully saturated rings. The number of carbonyl (C=O) groups is 2. The topological polar surface area (TPSA) is 81.4 Å². The van der Waals surface area contributed by atoms with Crippen LogP contribution in [0.5, 0.6) is 0 Å². The van der Waals surface area contributed by atoms with Crippen molar-refractivity contribution < 1.29 is 14.3 Å². The monoisotopic (exact) mass is 292 g/mol. The number of amides is 1. The van der Waals surface area contributed by atoms with Gasteiger partial charge in [0.1, 0.15) is 0 Å². The van der Waals surface area contributed by atoms with Gasteiger partial charge in [-0.05, 0) is 44.0 Å². The summed E-state index contributed by atoms with van der Waals surface area (Å²) in [6.07, 6.45) is 0.680. The Hall–Kier alpha value is -1.88. The van der Waals surface area contributed by atoms with E-state index in [9.17, 15) is 9.59 Å². The first-order chi connectivity index (χ1) is 9.85. The highest BCUT2D eigenvalue weighted by Gasteiger charge is 2.19. The van der Waals surface area contributed by atoms with Crippen LogP contribution in [0.15, 0.2) is 24.3 Å². The fraction of sp³-hybridized carbons (Fsp3) is 0.500. The number of benzene rings is 1. The Labute approximate surface area is 125 Å². The van der Waals surface area contributed by atoms with E-state index in [0.717, 1.165) is 6.42 Å². The summed E-state index contributed by atoms with van der Waals surface area (Å²) in [4.78, 5) is 23.6. The van der Waals surface area contributed by atoms with Gasteiger partial charge in [0.15, 0.2) is 0 Å². The number of nitrogens with two attached hydrogens (primary N) is 1. The summed E-state index contributed by atoms with van der Waals surface area (Å²) in [5.41, 5.74) is 6.93. The van der Waals surface area contributed by atoms with Gasteiger partial charge in [-0.2, -0.15) is 0 Å². The molecule has 2 atom stereocenters. The quantitative estimate of drug-likeness (QED) is 0.790. The second-order valence-corrected chi connectivity index (χ2v) is 5.43. The minimum absolute atomic E-state index is 0.116. The molecule has 0 spiro atoms. The van der Waals surface area contributed by atoms with Gasteiger partial charge >= 0.3 is 5.97 Å². The highest BCUT2D eigenvalue weighted by atomic mass is 16.5. The Bertz CT molecular complexity index is 483. The van der Waals surface area contributed by atoms with Gasteiger partial charge in [-0.1, -0.05) is 20.3 Å². The third kappa shape index (κ3) is 5.19. The molecule has 1 rings (SSSR count). The van der Waals surface area contributed by atoms with Gasteiger partial charge in [0.05, 0.1) is 17.7 Å². The lowest BCUT2D eigenvalue weighted by molar-refractivity contribution is -0.118. The van der Waals surface area contributed by atoms with Crippen LogP contribution in [0.3, 0.4) is 0 Å². The molecule has 0 radical (unpaired) electrons. The first-order valence-corrected chi connectivity index (χ1v) is 7.22. The van der Waals surface area contributed by atoms with E-state index in [1.54, 1.807) is 38.1 Å². The zero-order valence-electron chi connectivity index (χ0n) is 13.1. The molecule has 0 aromatic heterocycles. The van der Waals surface area contributed by atoms with Gasteiger partial charge in [-0.25, -0.2) is 4.79 Å². The Morgan fingerprint density at radius 3 is 2.24 bits per heavy atom. The van der Waals surface area contributed by atoms with E-state index in [4.69, 9.17) is 10.5 Å². The maximum absolute atomic E-state index is 11.9. The molecule has 5 heteroatoms. The van der Waals surface area contributed by atoms with Crippen molar-refractivity contribution in [1.82, 2.24) is 0 Å². The second-order valence-electron chi connectivity index (χ2n) is 5.43. The second kappa shape index (κ2) is 7.78. The van der Waals surface area contributed by atoms with Gasteiger partial charge in [0, 0.05) is 5.69 Å². The standard InChI is InChI=1S/C16H24N2O3/c1-5-11(4)14(17)15(19)18-13-8-6-12(7-9-13)16(20)21-10(2)3/h6-11,14H,5,17H2,1-4H3,(H,18,19)/t11-,14-/m0/s1. The minimum atomic E-state index is -0.541. The molecule has 21 heavy (non-hydrogen) atoms. The smallest absolute Gasteiger partial charge is 0.338 e. The van der Waals surface area contributed by atoms with E-state index in [1.165, 1.54) is 0 Å². The van der Waals surface area contributed by atoms with Crippen LogP contribution >= 0.6 is 0 Å². The first kappa shape index (κ1) is 17.2. The molecule has 0 saturated heterocycles. The number of hydrogen-bond acceptors (Lipinski definition) is 4. The van der Waals surface area contributed by atoms with E-state index in [0.29, 0.717) is 11.3 Å². The predicted octanol–water partition coefficient (Wildman–Crippen LogP) is 2.56. The summed E-state index contributed by atoms with van der Waals surface area (Å²) in [5, 5.41) is 2.75. The molecule has 0 aliphatic heterocycles. The summed E-state index contributed by atoms with van der Waals surface area (Å²) in [6, 6.07) is 6.03. The lowest BCUT2D eigenvalue weighted by Crippen LogP contribution is -2.40. The van der Waals surface area contributed by atoms with Gasteiger partial charge in [0.2, 0.25) is 5.91 Å². The molecule has 0 unspecified atom stereocenters.